The Kier molecular flexibility index (Phi) is 4.71. The molecule has 0 heterocycles. The number of allylic oxidation sites excluding steroid dienone is 3. The lowest BCUT2D eigenvalue weighted by Gasteiger charge is -2.61. The lowest BCUT2D eigenvalue weighted by molar-refractivity contribution is -0.117. The molecule has 0 bridgehead atoms. The maximum absolute atomic E-state index is 12.9. The van der Waals surface area contributed by atoms with Gasteiger partial charge in [0.15, 0.2) is 14.1 Å². The number of carbonyl (C=O) groups is 1. The van der Waals surface area contributed by atoms with Gasteiger partial charge in [-0.3, -0.25) is 4.79 Å². The molecule has 3 heteroatoms. The molecule has 0 radical (unpaired) electrons. The van der Waals surface area contributed by atoms with Gasteiger partial charge in [-0.05, 0) is 93.3 Å². The van der Waals surface area contributed by atoms with Crippen LogP contribution in [0.4, 0.5) is 0 Å². The molecule has 4 aliphatic carbocycles. The monoisotopic (exact) mass is 400 g/mol. The van der Waals surface area contributed by atoms with E-state index in [2.05, 4.69) is 59.5 Å². The van der Waals surface area contributed by atoms with Crippen molar-refractivity contribution in [2.45, 2.75) is 98.4 Å². The number of ketones is 1. The Morgan fingerprint density at radius 3 is 2.46 bits per heavy atom. The SMILES string of the molecule is C/C=C1\C(=O)C[C@@]2(C)C3CC=C4C[C@@H](O[Si](C)(C)C)CC[C@]4(C)C3CC[C@]12C. The molecule has 4 rings (SSSR count). The average Bonchev–Trinajstić information content (AvgIpc) is 2.79. The minimum atomic E-state index is -1.49. The molecule has 0 N–H and O–H groups in total. The summed E-state index contributed by atoms with van der Waals surface area (Å²) in [7, 11) is -1.49. The van der Waals surface area contributed by atoms with Crippen LogP contribution in [0.25, 0.3) is 0 Å². The Labute approximate surface area is 173 Å². The molecular weight excluding hydrogens is 360 g/mol. The molecular formula is C25H40O2Si. The molecule has 3 saturated carbocycles. The highest BCUT2D eigenvalue weighted by molar-refractivity contribution is 6.69. The van der Waals surface area contributed by atoms with Gasteiger partial charge in [-0.1, -0.05) is 38.5 Å². The molecule has 6 atom stereocenters. The van der Waals surface area contributed by atoms with E-state index >= 15 is 0 Å². The zero-order valence-corrected chi connectivity index (χ0v) is 20.2. The van der Waals surface area contributed by atoms with Crippen LogP contribution >= 0.6 is 0 Å². The molecule has 156 valence electrons. The Balaban J connectivity index is 1.65. The lowest BCUT2D eigenvalue weighted by Crippen LogP contribution is -2.54. The molecule has 3 fully saturated rings. The molecule has 2 unspecified atom stereocenters. The van der Waals surface area contributed by atoms with Gasteiger partial charge in [-0.15, -0.1) is 0 Å². The summed E-state index contributed by atoms with van der Waals surface area (Å²) in [6.07, 6.45) is 13.1. The largest absolute Gasteiger partial charge is 0.414 e. The maximum atomic E-state index is 12.9. The first-order valence-electron chi connectivity index (χ1n) is 11.5. The van der Waals surface area contributed by atoms with E-state index in [-0.39, 0.29) is 10.8 Å². The fourth-order valence-corrected chi connectivity index (χ4v) is 8.97. The van der Waals surface area contributed by atoms with E-state index < -0.39 is 8.32 Å². The minimum absolute atomic E-state index is 0.0693. The van der Waals surface area contributed by atoms with E-state index in [4.69, 9.17) is 4.43 Å². The van der Waals surface area contributed by atoms with E-state index in [0.29, 0.717) is 23.2 Å². The van der Waals surface area contributed by atoms with Crippen LogP contribution < -0.4 is 0 Å². The standard InChI is InChI=1S/C25H40O2Si/c1-8-19-22(26)16-25(4)21-10-9-17-15-18(27-28(5,6)7)11-13-23(17,2)20(21)12-14-24(19,25)3/h8-9,18,20-21H,10-16H2,1-7H3/b19-8+/t18-,20?,21?,23-,24+,25-/m0/s1. The molecule has 0 spiro atoms. The third-order valence-corrected chi connectivity index (χ3v) is 10.4. The summed E-state index contributed by atoms with van der Waals surface area (Å²) in [5.41, 5.74) is 3.30. The van der Waals surface area contributed by atoms with Crippen LogP contribution in [0.5, 0.6) is 0 Å². The van der Waals surface area contributed by atoms with E-state index in [1.54, 1.807) is 5.57 Å². The highest BCUT2D eigenvalue weighted by Crippen LogP contribution is 2.70. The quantitative estimate of drug-likeness (QED) is 0.293. The van der Waals surface area contributed by atoms with Crippen LogP contribution in [0.15, 0.2) is 23.3 Å². The van der Waals surface area contributed by atoms with Crippen LogP contribution in [0.2, 0.25) is 19.6 Å². The third kappa shape index (κ3) is 2.79. The van der Waals surface area contributed by atoms with Crippen molar-refractivity contribution in [2.24, 2.45) is 28.1 Å². The summed E-state index contributed by atoms with van der Waals surface area (Å²) >= 11 is 0. The Morgan fingerprint density at radius 2 is 1.82 bits per heavy atom. The Bertz CT molecular complexity index is 744. The van der Waals surface area contributed by atoms with Crippen molar-refractivity contribution in [1.29, 1.82) is 0 Å². The van der Waals surface area contributed by atoms with Gasteiger partial charge in [0.05, 0.1) is 0 Å². The predicted molar refractivity (Wildman–Crippen MR) is 119 cm³/mol. The summed E-state index contributed by atoms with van der Waals surface area (Å²) in [5.74, 6) is 1.78. The fourth-order valence-electron chi connectivity index (χ4n) is 7.77. The van der Waals surface area contributed by atoms with Gasteiger partial charge >= 0.3 is 0 Å². The van der Waals surface area contributed by atoms with Crippen molar-refractivity contribution < 1.29 is 9.22 Å². The maximum Gasteiger partial charge on any atom is 0.184 e. The Morgan fingerprint density at radius 1 is 1.11 bits per heavy atom. The third-order valence-electron chi connectivity index (χ3n) is 9.35. The number of Topliss-reactive ketones (excluding diaryl/α,β-unsaturated/α-hetero) is 1. The number of hydrogen-bond acceptors (Lipinski definition) is 2. The second-order valence-electron chi connectivity index (χ2n) is 11.8. The summed E-state index contributed by atoms with van der Waals surface area (Å²) < 4.78 is 6.50. The van der Waals surface area contributed by atoms with Crippen molar-refractivity contribution >= 4 is 14.1 Å². The van der Waals surface area contributed by atoms with E-state index in [1.807, 2.05) is 0 Å². The normalized spacial score (nSPS) is 47.4. The average molecular weight is 401 g/mol. The zero-order chi connectivity index (χ0) is 20.5. The van der Waals surface area contributed by atoms with Gasteiger partial charge < -0.3 is 4.43 Å². The topological polar surface area (TPSA) is 26.3 Å². The predicted octanol–water partition coefficient (Wildman–Crippen LogP) is 6.68. The second-order valence-corrected chi connectivity index (χ2v) is 16.2. The van der Waals surface area contributed by atoms with Crippen molar-refractivity contribution in [3.05, 3.63) is 23.3 Å². The number of hydrogen-bond donors (Lipinski definition) is 0. The minimum Gasteiger partial charge on any atom is -0.414 e. The molecule has 0 aliphatic heterocycles. The molecule has 0 saturated heterocycles. The van der Waals surface area contributed by atoms with Gasteiger partial charge in [0.1, 0.15) is 0 Å². The lowest BCUT2D eigenvalue weighted by atomic mass is 9.43. The summed E-state index contributed by atoms with van der Waals surface area (Å²) in [6.45, 7) is 16.4. The zero-order valence-electron chi connectivity index (χ0n) is 19.2. The molecule has 0 aromatic heterocycles. The smallest absolute Gasteiger partial charge is 0.184 e. The first-order valence-corrected chi connectivity index (χ1v) is 14.9. The Hall–Kier alpha value is -0.673. The van der Waals surface area contributed by atoms with Crippen LogP contribution in [-0.4, -0.2) is 20.2 Å². The first kappa shape index (κ1) is 20.6. The molecule has 2 nitrogen and oxygen atoms in total. The van der Waals surface area contributed by atoms with Crippen molar-refractivity contribution in [2.75, 3.05) is 0 Å². The number of carbonyl (C=O) groups excluding carboxylic acids is 1. The van der Waals surface area contributed by atoms with Gasteiger partial charge in [0.25, 0.3) is 0 Å². The number of fused-ring (bicyclic) bond motifs is 5. The van der Waals surface area contributed by atoms with Crippen molar-refractivity contribution in [3.8, 4) is 0 Å². The molecule has 28 heavy (non-hydrogen) atoms. The summed E-state index contributed by atoms with van der Waals surface area (Å²) in [6, 6.07) is 0. The van der Waals surface area contributed by atoms with E-state index in [9.17, 15) is 4.79 Å². The number of rotatable bonds is 2. The summed E-state index contributed by atoms with van der Waals surface area (Å²) in [4.78, 5) is 12.9. The van der Waals surface area contributed by atoms with E-state index in [1.165, 1.54) is 25.7 Å². The fraction of sp³-hybridized carbons (Fsp3) is 0.800. The van der Waals surface area contributed by atoms with Gasteiger partial charge in [0, 0.05) is 17.9 Å². The van der Waals surface area contributed by atoms with Gasteiger partial charge in [0.2, 0.25) is 0 Å². The molecule has 0 aromatic rings. The molecule has 0 amide bonds. The van der Waals surface area contributed by atoms with Crippen LogP contribution in [-0.2, 0) is 9.22 Å². The van der Waals surface area contributed by atoms with Gasteiger partial charge in [-0.25, -0.2) is 0 Å². The molecule has 4 aliphatic rings. The summed E-state index contributed by atoms with van der Waals surface area (Å²) in [5, 5.41) is 0. The van der Waals surface area contributed by atoms with Gasteiger partial charge in [-0.2, -0.15) is 0 Å². The highest BCUT2D eigenvalue weighted by atomic mass is 28.4. The van der Waals surface area contributed by atoms with Crippen molar-refractivity contribution in [3.63, 3.8) is 0 Å². The van der Waals surface area contributed by atoms with E-state index in [0.717, 1.165) is 30.8 Å². The molecule has 0 aromatic carbocycles. The van der Waals surface area contributed by atoms with Crippen LogP contribution in [0.3, 0.4) is 0 Å². The first-order chi connectivity index (χ1) is 12.9. The highest BCUT2D eigenvalue weighted by Gasteiger charge is 2.65. The van der Waals surface area contributed by atoms with Crippen LogP contribution in [0.1, 0.15) is 72.6 Å². The second kappa shape index (κ2) is 6.41. The van der Waals surface area contributed by atoms with Crippen molar-refractivity contribution in [1.82, 2.24) is 0 Å². The van der Waals surface area contributed by atoms with Crippen LogP contribution in [0, 0.1) is 28.1 Å².